The average molecular weight is 371 g/mol. The van der Waals surface area contributed by atoms with Crippen molar-refractivity contribution in [2.45, 2.75) is 57.2 Å². The molecule has 1 unspecified atom stereocenters. The molecule has 1 spiro atoms. The molecule has 2 heterocycles. The fraction of sp³-hybridized carbons (Fsp3) is 0.500. The van der Waals surface area contributed by atoms with E-state index in [4.69, 9.17) is 4.74 Å². The first-order valence-corrected chi connectivity index (χ1v) is 10.2. The smallest absolute Gasteiger partial charge is 0.191 e. The highest BCUT2D eigenvalue weighted by molar-refractivity contribution is 7.09. The number of rotatable bonds is 3. The normalized spacial score (nSPS) is 21.3. The molecule has 5 nitrogen and oxygen atoms in total. The van der Waals surface area contributed by atoms with E-state index in [2.05, 4.69) is 50.3 Å². The molecule has 1 aliphatic heterocycles. The Morgan fingerprint density at radius 1 is 1.35 bits per heavy atom. The molecular weight excluding hydrogens is 344 g/mol. The van der Waals surface area contributed by atoms with Gasteiger partial charge < -0.3 is 15.4 Å². The molecule has 0 radical (unpaired) electrons. The summed E-state index contributed by atoms with van der Waals surface area (Å²) in [6, 6.07) is 8.60. The molecular formula is C20H26N4OS. The van der Waals surface area contributed by atoms with Crippen molar-refractivity contribution in [1.82, 2.24) is 15.6 Å². The van der Waals surface area contributed by atoms with E-state index >= 15 is 0 Å². The van der Waals surface area contributed by atoms with Crippen LogP contribution in [0, 0.1) is 6.92 Å². The molecule has 0 saturated heterocycles. The molecule has 4 rings (SSSR count). The topological polar surface area (TPSA) is 58.5 Å². The van der Waals surface area contributed by atoms with Crippen LogP contribution in [0.5, 0.6) is 5.75 Å². The molecule has 1 atom stereocenters. The number of hydrogen-bond donors (Lipinski definition) is 2. The summed E-state index contributed by atoms with van der Waals surface area (Å²) in [5, 5.41) is 10.2. The fourth-order valence-corrected chi connectivity index (χ4v) is 4.79. The Labute approximate surface area is 158 Å². The second-order valence-corrected chi connectivity index (χ2v) is 8.18. The molecule has 1 fully saturated rings. The lowest BCUT2D eigenvalue weighted by Gasteiger charge is -2.40. The van der Waals surface area contributed by atoms with E-state index in [0.29, 0.717) is 6.54 Å². The van der Waals surface area contributed by atoms with E-state index in [1.807, 2.05) is 14.0 Å². The van der Waals surface area contributed by atoms with Crippen molar-refractivity contribution in [3.05, 3.63) is 45.9 Å². The van der Waals surface area contributed by atoms with Gasteiger partial charge in [0.15, 0.2) is 5.96 Å². The van der Waals surface area contributed by atoms with E-state index < -0.39 is 0 Å². The summed E-state index contributed by atoms with van der Waals surface area (Å²) in [4.78, 5) is 8.93. The van der Waals surface area contributed by atoms with Gasteiger partial charge >= 0.3 is 0 Å². The van der Waals surface area contributed by atoms with Gasteiger partial charge in [0.25, 0.3) is 0 Å². The number of nitrogens with one attached hydrogen (secondary N) is 2. The molecule has 0 bridgehead atoms. The van der Waals surface area contributed by atoms with E-state index in [9.17, 15) is 0 Å². The van der Waals surface area contributed by atoms with Crippen molar-refractivity contribution in [2.75, 3.05) is 7.05 Å². The summed E-state index contributed by atoms with van der Waals surface area (Å²) >= 11 is 1.68. The molecule has 2 N–H and O–H groups in total. The molecule has 2 aliphatic rings. The van der Waals surface area contributed by atoms with Crippen LogP contribution < -0.4 is 15.4 Å². The third kappa shape index (κ3) is 3.56. The minimum Gasteiger partial charge on any atom is -0.487 e. The Bertz CT molecular complexity index is 795. The van der Waals surface area contributed by atoms with Gasteiger partial charge in [-0.1, -0.05) is 18.2 Å². The molecule has 6 heteroatoms. The number of fused-ring (bicyclic) bond motifs is 1. The number of aromatic nitrogens is 1. The van der Waals surface area contributed by atoms with Gasteiger partial charge in [0, 0.05) is 30.1 Å². The third-order valence-corrected chi connectivity index (χ3v) is 6.29. The number of aliphatic imine (C=N–C) groups is 1. The fourth-order valence-electron chi connectivity index (χ4n) is 4.08. The number of para-hydroxylation sites is 1. The van der Waals surface area contributed by atoms with Gasteiger partial charge in [0.2, 0.25) is 0 Å². The summed E-state index contributed by atoms with van der Waals surface area (Å²) < 4.78 is 6.45. The Hall–Kier alpha value is -2.08. The average Bonchev–Trinajstić information content (AvgIpc) is 3.27. The van der Waals surface area contributed by atoms with Gasteiger partial charge in [0.1, 0.15) is 16.4 Å². The number of thiazole rings is 1. The SMILES string of the molecule is CN=C(NCc1nc(C)cs1)NC1CC2(CCCC2)Oc2ccccc21. The van der Waals surface area contributed by atoms with E-state index in [1.54, 1.807) is 11.3 Å². The highest BCUT2D eigenvalue weighted by Crippen LogP contribution is 2.46. The van der Waals surface area contributed by atoms with Crippen molar-refractivity contribution in [3.8, 4) is 5.75 Å². The van der Waals surface area contributed by atoms with Gasteiger partial charge in [-0.2, -0.15) is 0 Å². The van der Waals surface area contributed by atoms with Crippen LogP contribution in [0.15, 0.2) is 34.6 Å². The van der Waals surface area contributed by atoms with Crippen LogP contribution in [-0.2, 0) is 6.54 Å². The molecule has 1 aliphatic carbocycles. The molecule has 1 saturated carbocycles. The lowest BCUT2D eigenvalue weighted by molar-refractivity contribution is 0.0396. The van der Waals surface area contributed by atoms with Crippen molar-refractivity contribution < 1.29 is 4.74 Å². The highest BCUT2D eigenvalue weighted by atomic mass is 32.1. The summed E-state index contributed by atoms with van der Waals surface area (Å²) in [6.07, 6.45) is 5.78. The molecule has 1 aromatic carbocycles. The Morgan fingerprint density at radius 3 is 2.88 bits per heavy atom. The Balaban J connectivity index is 1.49. The van der Waals surface area contributed by atoms with Crippen molar-refractivity contribution in [2.24, 2.45) is 4.99 Å². The largest absolute Gasteiger partial charge is 0.487 e. The van der Waals surface area contributed by atoms with Gasteiger partial charge in [-0.05, 0) is 38.7 Å². The van der Waals surface area contributed by atoms with Crippen LogP contribution in [0.1, 0.15) is 54.4 Å². The third-order valence-electron chi connectivity index (χ3n) is 5.32. The zero-order valence-electron chi connectivity index (χ0n) is 15.4. The number of benzene rings is 1. The predicted octanol–water partition coefficient (Wildman–Crippen LogP) is 3.95. The standard InChI is InChI=1S/C20H26N4OS/c1-14-13-26-18(23-14)12-22-19(21-2)24-16-11-20(9-5-6-10-20)25-17-8-4-3-7-15(16)17/h3-4,7-8,13,16H,5-6,9-12H2,1-2H3,(H2,21,22,24). The molecule has 1 aromatic heterocycles. The first kappa shape index (κ1) is 17.3. The quantitative estimate of drug-likeness (QED) is 0.634. The van der Waals surface area contributed by atoms with Gasteiger partial charge in [-0.25, -0.2) is 4.98 Å². The number of hydrogen-bond acceptors (Lipinski definition) is 4. The molecule has 138 valence electrons. The summed E-state index contributed by atoms with van der Waals surface area (Å²) in [7, 11) is 1.82. The maximum atomic E-state index is 6.45. The van der Waals surface area contributed by atoms with E-state index in [-0.39, 0.29) is 11.6 Å². The molecule has 26 heavy (non-hydrogen) atoms. The number of aryl methyl sites for hydroxylation is 1. The van der Waals surface area contributed by atoms with Gasteiger partial charge in [-0.3, -0.25) is 4.99 Å². The summed E-state index contributed by atoms with van der Waals surface area (Å²) in [5.74, 6) is 1.83. The Morgan fingerprint density at radius 2 is 2.15 bits per heavy atom. The second-order valence-electron chi connectivity index (χ2n) is 7.24. The maximum Gasteiger partial charge on any atom is 0.191 e. The lowest BCUT2D eigenvalue weighted by atomic mass is 9.86. The van der Waals surface area contributed by atoms with Crippen LogP contribution >= 0.6 is 11.3 Å². The Kier molecular flexibility index (Phi) is 4.85. The summed E-state index contributed by atoms with van der Waals surface area (Å²) in [6.45, 7) is 2.71. The van der Waals surface area contributed by atoms with Crippen LogP contribution in [0.2, 0.25) is 0 Å². The maximum absolute atomic E-state index is 6.45. The summed E-state index contributed by atoms with van der Waals surface area (Å²) in [5.41, 5.74) is 2.27. The lowest BCUT2D eigenvalue weighted by Crippen LogP contribution is -2.46. The zero-order chi connectivity index (χ0) is 18.0. The first-order valence-electron chi connectivity index (χ1n) is 9.34. The first-order chi connectivity index (χ1) is 12.7. The monoisotopic (exact) mass is 370 g/mol. The number of guanidine groups is 1. The minimum atomic E-state index is -0.0166. The molecule has 0 amide bonds. The van der Waals surface area contributed by atoms with E-state index in [1.165, 1.54) is 18.4 Å². The van der Waals surface area contributed by atoms with Crippen LogP contribution in [0.3, 0.4) is 0 Å². The minimum absolute atomic E-state index is 0.0166. The van der Waals surface area contributed by atoms with Crippen LogP contribution in [-0.4, -0.2) is 23.6 Å². The van der Waals surface area contributed by atoms with E-state index in [0.717, 1.165) is 41.7 Å². The highest BCUT2D eigenvalue weighted by Gasteiger charge is 2.43. The zero-order valence-corrected chi connectivity index (χ0v) is 16.2. The van der Waals surface area contributed by atoms with Crippen LogP contribution in [0.25, 0.3) is 0 Å². The second kappa shape index (κ2) is 7.27. The van der Waals surface area contributed by atoms with Gasteiger partial charge in [-0.15, -0.1) is 11.3 Å². The van der Waals surface area contributed by atoms with Gasteiger partial charge in [0.05, 0.1) is 12.6 Å². The number of nitrogens with zero attached hydrogens (tertiary/aromatic N) is 2. The predicted molar refractivity (Wildman–Crippen MR) is 106 cm³/mol. The van der Waals surface area contributed by atoms with Crippen molar-refractivity contribution in [3.63, 3.8) is 0 Å². The van der Waals surface area contributed by atoms with Crippen molar-refractivity contribution in [1.29, 1.82) is 0 Å². The number of ether oxygens (including phenoxy) is 1. The van der Waals surface area contributed by atoms with Crippen LogP contribution in [0.4, 0.5) is 0 Å². The molecule has 2 aromatic rings. The van der Waals surface area contributed by atoms with Crippen molar-refractivity contribution >= 4 is 17.3 Å².